The van der Waals surface area contributed by atoms with Gasteiger partial charge >= 0.3 is 0 Å². The van der Waals surface area contributed by atoms with Gasteiger partial charge in [0.1, 0.15) is 18.2 Å². The summed E-state index contributed by atoms with van der Waals surface area (Å²) < 4.78 is 12.3. The van der Waals surface area contributed by atoms with E-state index in [4.69, 9.17) is 9.47 Å². The molecule has 0 heterocycles. The number of allylic oxidation sites excluding steroid dienone is 1. The molecule has 0 saturated carbocycles. The van der Waals surface area contributed by atoms with Gasteiger partial charge in [-0.3, -0.25) is 4.79 Å². The Morgan fingerprint density at radius 2 is 1.76 bits per heavy atom. The van der Waals surface area contributed by atoms with Gasteiger partial charge in [0.15, 0.2) is 11.5 Å². The summed E-state index contributed by atoms with van der Waals surface area (Å²) in [5.41, 5.74) is 2.24. The van der Waals surface area contributed by atoms with Crippen LogP contribution in [0.1, 0.15) is 21.5 Å². The van der Waals surface area contributed by atoms with Crippen LogP contribution in [0.5, 0.6) is 11.5 Å². The minimum Gasteiger partial charge on any atom is -0.493 e. The van der Waals surface area contributed by atoms with E-state index in [1.807, 2.05) is 36.4 Å². The summed E-state index contributed by atoms with van der Waals surface area (Å²) in [6.07, 6.45) is 1.55. The zero-order valence-corrected chi connectivity index (χ0v) is 17.3. The molecule has 0 saturated heterocycles. The van der Waals surface area contributed by atoms with Crippen molar-refractivity contribution >= 4 is 27.8 Å². The number of carbonyl (C=O) groups excluding carboxylic acids is 1. The van der Waals surface area contributed by atoms with Crippen molar-refractivity contribution in [2.24, 2.45) is 0 Å². The summed E-state index contributed by atoms with van der Waals surface area (Å²) in [4.78, 5) is 12.5. The molecule has 0 spiro atoms. The van der Waals surface area contributed by atoms with Gasteiger partial charge in [-0.1, -0.05) is 64.5 Å². The highest BCUT2D eigenvalue weighted by Crippen LogP contribution is 2.30. The molecule has 0 amide bonds. The van der Waals surface area contributed by atoms with Crippen LogP contribution in [-0.2, 0) is 6.61 Å². The van der Waals surface area contributed by atoms with Crippen molar-refractivity contribution in [3.63, 3.8) is 0 Å². The summed E-state index contributed by atoms with van der Waals surface area (Å²) in [7, 11) is 1.55. The lowest BCUT2D eigenvalue weighted by atomic mass is 10.0. The standard InChI is InChI=1S/C24H18BrNO3/c1-28-23-14-18(13-20(15-26)24(27)19-5-3-2-4-6-19)9-12-22(23)29-16-17-7-10-21(25)11-8-17/h2-14H,16H2,1H3/b20-13+. The number of nitrogens with zero attached hydrogens (tertiary/aromatic N) is 1. The van der Waals surface area contributed by atoms with Crippen molar-refractivity contribution in [2.75, 3.05) is 7.11 Å². The predicted molar refractivity (Wildman–Crippen MR) is 116 cm³/mol. The molecule has 144 valence electrons. The van der Waals surface area contributed by atoms with E-state index in [0.717, 1.165) is 10.0 Å². The fourth-order valence-corrected chi connectivity index (χ4v) is 2.96. The van der Waals surface area contributed by atoms with Gasteiger partial charge in [-0.05, 0) is 41.5 Å². The minimum atomic E-state index is -0.317. The third kappa shape index (κ3) is 5.34. The first-order valence-corrected chi connectivity index (χ1v) is 9.67. The van der Waals surface area contributed by atoms with Crippen molar-refractivity contribution in [1.82, 2.24) is 0 Å². The molecule has 0 aliphatic carbocycles. The molecular weight excluding hydrogens is 430 g/mol. The van der Waals surface area contributed by atoms with E-state index in [1.54, 1.807) is 55.7 Å². The second kappa shape index (κ2) is 9.72. The van der Waals surface area contributed by atoms with Gasteiger partial charge in [0.05, 0.1) is 7.11 Å². The Morgan fingerprint density at radius 1 is 1.03 bits per heavy atom. The Kier molecular flexibility index (Phi) is 6.83. The number of ether oxygens (including phenoxy) is 2. The molecule has 0 atom stereocenters. The molecule has 29 heavy (non-hydrogen) atoms. The predicted octanol–water partition coefficient (Wildman–Crippen LogP) is 5.83. The molecule has 4 nitrogen and oxygen atoms in total. The fourth-order valence-electron chi connectivity index (χ4n) is 2.70. The third-order valence-electron chi connectivity index (χ3n) is 4.21. The van der Waals surface area contributed by atoms with E-state index < -0.39 is 0 Å². The Morgan fingerprint density at radius 3 is 2.41 bits per heavy atom. The number of Topliss-reactive ketones (excluding diaryl/α,β-unsaturated/α-hetero) is 1. The topological polar surface area (TPSA) is 59.3 Å². The maximum atomic E-state index is 12.5. The molecule has 0 bridgehead atoms. The van der Waals surface area contributed by atoms with Crippen LogP contribution in [0.4, 0.5) is 0 Å². The SMILES string of the molecule is COc1cc(/C=C(\C#N)C(=O)c2ccccc2)ccc1OCc1ccc(Br)cc1. The monoisotopic (exact) mass is 447 g/mol. The second-order valence-corrected chi connectivity index (χ2v) is 7.11. The normalized spacial score (nSPS) is 10.9. The van der Waals surface area contributed by atoms with Crippen LogP contribution >= 0.6 is 15.9 Å². The molecule has 0 aromatic heterocycles. The van der Waals surface area contributed by atoms with E-state index in [-0.39, 0.29) is 11.4 Å². The van der Waals surface area contributed by atoms with Gasteiger partial charge in [0.2, 0.25) is 5.78 Å². The molecule has 0 N–H and O–H groups in total. The summed E-state index contributed by atoms with van der Waals surface area (Å²) in [5.74, 6) is 0.795. The van der Waals surface area contributed by atoms with Gasteiger partial charge in [-0.15, -0.1) is 0 Å². The number of nitriles is 1. The molecule has 0 aliphatic rings. The Balaban J connectivity index is 1.80. The minimum absolute atomic E-state index is 0.0572. The van der Waals surface area contributed by atoms with Gasteiger partial charge in [0.25, 0.3) is 0 Å². The van der Waals surface area contributed by atoms with Crippen LogP contribution in [0.25, 0.3) is 6.08 Å². The van der Waals surface area contributed by atoms with Crippen molar-refractivity contribution in [2.45, 2.75) is 6.61 Å². The number of benzene rings is 3. The molecule has 0 radical (unpaired) electrons. The maximum Gasteiger partial charge on any atom is 0.203 e. The van der Waals surface area contributed by atoms with Crippen LogP contribution in [0.3, 0.4) is 0 Å². The molecule has 0 aliphatic heterocycles. The Bertz CT molecular complexity index is 1070. The molecule has 0 fully saturated rings. The first-order chi connectivity index (χ1) is 14.1. The molecule has 3 aromatic rings. The highest BCUT2D eigenvalue weighted by Gasteiger charge is 2.13. The number of carbonyl (C=O) groups is 1. The lowest BCUT2D eigenvalue weighted by Crippen LogP contribution is -2.01. The highest BCUT2D eigenvalue weighted by molar-refractivity contribution is 9.10. The number of hydrogen-bond donors (Lipinski definition) is 0. The lowest BCUT2D eigenvalue weighted by Gasteiger charge is -2.11. The molecule has 3 rings (SSSR count). The number of hydrogen-bond acceptors (Lipinski definition) is 4. The average molecular weight is 448 g/mol. The zero-order chi connectivity index (χ0) is 20.6. The van der Waals surface area contributed by atoms with Crippen LogP contribution < -0.4 is 9.47 Å². The van der Waals surface area contributed by atoms with Crippen molar-refractivity contribution in [3.05, 3.63) is 99.5 Å². The molecule has 5 heteroatoms. The van der Waals surface area contributed by atoms with Crippen molar-refractivity contribution in [1.29, 1.82) is 5.26 Å². The third-order valence-corrected chi connectivity index (χ3v) is 4.74. The Labute approximate surface area is 178 Å². The van der Waals surface area contributed by atoms with E-state index in [0.29, 0.717) is 29.2 Å². The van der Waals surface area contributed by atoms with Gasteiger partial charge < -0.3 is 9.47 Å². The summed E-state index contributed by atoms with van der Waals surface area (Å²) in [6, 6.07) is 23.9. The van der Waals surface area contributed by atoms with Crippen molar-refractivity contribution in [3.8, 4) is 17.6 Å². The van der Waals surface area contributed by atoms with Crippen LogP contribution in [-0.4, -0.2) is 12.9 Å². The average Bonchev–Trinajstić information content (AvgIpc) is 2.77. The van der Waals surface area contributed by atoms with E-state index in [2.05, 4.69) is 15.9 Å². The molecular formula is C24H18BrNO3. The van der Waals surface area contributed by atoms with Crippen LogP contribution in [0.2, 0.25) is 0 Å². The van der Waals surface area contributed by atoms with E-state index in [9.17, 15) is 10.1 Å². The number of methoxy groups -OCH3 is 1. The molecule has 3 aromatic carbocycles. The highest BCUT2D eigenvalue weighted by atomic mass is 79.9. The zero-order valence-electron chi connectivity index (χ0n) is 15.8. The van der Waals surface area contributed by atoms with E-state index >= 15 is 0 Å². The number of halogens is 1. The van der Waals surface area contributed by atoms with Crippen molar-refractivity contribution < 1.29 is 14.3 Å². The smallest absolute Gasteiger partial charge is 0.203 e. The quantitative estimate of drug-likeness (QED) is 0.259. The largest absolute Gasteiger partial charge is 0.493 e. The van der Waals surface area contributed by atoms with Gasteiger partial charge in [0, 0.05) is 10.0 Å². The maximum absolute atomic E-state index is 12.5. The summed E-state index contributed by atoms with van der Waals surface area (Å²) >= 11 is 3.41. The van der Waals surface area contributed by atoms with Crippen LogP contribution in [0.15, 0.2) is 82.8 Å². The second-order valence-electron chi connectivity index (χ2n) is 6.19. The summed E-state index contributed by atoms with van der Waals surface area (Å²) in [5, 5.41) is 9.43. The van der Waals surface area contributed by atoms with Crippen LogP contribution in [0, 0.1) is 11.3 Å². The first-order valence-electron chi connectivity index (χ1n) is 8.87. The van der Waals surface area contributed by atoms with Gasteiger partial charge in [-0.2, -0.15) is 5.26 Å². The Hall–Kier alpha value is -3.36. The first kappa shape index (κ1) is 20.4. The van der Waals surface area contributed by atoms with Gasteiger partial charge in [-0.25, -0.2) is 0 Å². The fraction of sp³-hybridized carbons (Fsp3) is 0.0833. The number of rotatable bonds is 7. The molecule has 0 unspecified atom stereocenters. The van der Waals surface area contributed by atoms with E-state index in [1.165, 1.54) is 0 Å². The summed E-state index contributed by atoms with van der Waals surface area (Å²) in [6.45, 7) is 0.398. The number of ketones is 1. The lowest BCUT2D eigenvalue weighted by molar-refractivity contribution is 0.104.